The van der Waals surface area contributed by atoms with Crippen molar-refractivity contribution in [2.24, 2.45) is 0 Å². The Morgan fingerprint density at radius 1 is 0.230 bits per heavy atom. The number of para-hydroxylation sites is 2. The minimum Gasteiger partial charge on any atom is -0.447 e. The third-order valence-corrected chi connectivity index (χ3v) is 30.7. The van der Waals surface area contributed by atoms with Crippen LogP contribution in [0.25, 0.3) is 50.1 Å². The largest absolute Gasteiger partial charge is 0.447 e. The van der Waals surface area contributed by atoms with Gasteiger partial charge in [0, 0.05) is 49.3 Å². The fourth-order valence-electron chi connectivity index (χ4n) is 13.1. The van der Waals surface area contributed by atoms with E-state index in [0.29, 0.717) is 0 Å². The number of hydrogen-bond acceptors (Lipinski definition) is 3. The highest BCUT2D eigenvalue weighted by Gasteiger charge is 2.41. The summed E-state index contributed by atoms with van der Waals surface area (Å²) in [6, 6.07) is 139. The van der Waals surface area contributed by atoms with Gasteiger partial charge in [-0.1, -0.05) is 236 Å². The number of thiophene rings is 1. The van der Waals surface area contributed by atoms with Gasteiger partial charge < -0.3 is 4.74 Å². The summed E-state index contributed by atoms with van der Waals surface area (Å²) in [6.45, 7) is 0. The lowest BCUT2D eigenvalue weighted by atomic mass is 10.0. The molecule has 0 bridgehead atoms. The molecule has 0 saturated heterocycles. The maximum absolute atomic E-state index is 12.7. The van der Waals surface area contributed by atoms with E-state index in [9.17, 15) is 4.79 Å². The number of rotatable bonds is 5. The van der Waals surface area contributed by atoms with Gasteiger partial charge in [-0.2, -0.15) is 0 Å². The summed E-state index contributed by atoms with van der Waals surface area (Å²) in [6.07, 6.45) is 1.06. The zero-order valence-electron chi connectivity index (χ0n) is 54.5. The molecule has 3 aliphatic heterocycles. The molecule has 0 spiro atoms. The van der Waals surface area contributed by atoms with Gasteiger partial charge in [-0.3, -0.25) is 4.79 Å². The molecule has 0 fully saturated rings. The Kier molecular flexibility index (Phi) is 19.3. The molecule has 2 aromatic heterocycles. The molecule has 3 aliphatic rings. The predicted octanol–water partition coefficient (Wildman–Crippen LogP) is 25.6. The molecule has 478 valence electrons. The summed E-state index contributed by atoms with van der Waals surface area (Å²) in [4.78, 5) is 30.6. The fourth-order valence-corrected chi connectivity index (χ4v) is 26.3. The molecule has 17 aromatic rings. The Hall–Kier alpha value is -10.4. The van der Waals surface area contributed by atoms with Crippen molar-refractivity contribution in [2.75, 3.05) is 0 Å². The summed E-state index contributed by atoms with van der Waals surface area (Å²) in [5, 5.41) is 4.46. The van der Waals surface area contributed by atoms with E-state index in [-0.39, 0.29) is 59.1 Å². The van der Waals surface area contributed by atoms with Crippen LogP contribution in [0, 0.1) is 0 Å². The maximum Gasteiger partial charge on any atom is 0.209 e. The van der Waals surface area contributed by atoms with E-state index in [1.807, 2.05) is 78.5 Å². The van der Waals surface area contributed by atoms with Gasteiger partial charge in [-0.05, 0) is 170 Å². The van der Waals surface area contributed by atoms with Crippen LogP contribution in [0.2, 0.25) is 0 Å². The lowest BCUT2D eigenvalue weighted by Gasteiger charge is -2.19. The SMILES string of the molecule is O=c1c2ccccc2[s+](-c2ccccc2)c2ccccc12.c1ccc(-[s+]2c3ccccc3c3ccccc32)cc1.c1ccc([S+]2c3ccccc3Cc3ccccc32)cc1.c1ccc([S+]2c3ccccc3Oc3ccccc32)cc1.c1ccc([S+]2c3ccccc3Sc3ccccc32)cc1. The van der Waals surface area contributed by atoms with Crippen LogP contribution in [0.4, 0.5) is 0 Å². The van der Waals surface area contributed by atoms with Crippen LogP contribution in [0.3, 0.4) is 0 Å². The number of hydrogen-bond donors (Lipinski definition) is 0. The van der Waals surface area contributed by atoms with Crippen LogP contribution in [-0.2, 0) is 39.1 Å². The molecule has 8 heteroatoms. The lowest BCUT2D eigenvalue weighted by molar-refractivity contribution is 0.453. The van der Waals surface area contributed by atoms with E-state index >= 15 is 0 Å². The van der Waals surface area contributed by atoms with E-state index in [0.717, 1.165) is 38.1 Å². The van der Waals surface area contributed by atoms with E-state index < -0.39 is 0 Å². The summed E-state index contributed by atoms with van der Waals surface area (Å²) in [5.41, 5.74) is 3.08. The van der Waals surface area contributed by atoms with Crippen molar-refractivity contribution in [3.8, 4) is 21.3 Å². The van der Waals surface area contributed by atoms with Crippen LogP contribution in [0.5, 0.6) is 11.5 Å². The third-order valence-electron chi connectivity index (χ3n) is 17.6. The van der Waals surface area contributed by atoms with Crippen molar-refractivity contribution in [3.05, 3.63) is 416 Å². The van der Waals surface area contributed by atoms with E-state index in [2.05, 4.69) is 328 Å². The molecule has 5 heterocycles. The van der Waals surface area contributed by atoms with Crippen molar-refractivity contribution < 1.29 is 4.74 Å². The van der Waals surface area contributed by atoms with Gasteiger partial charge in [0.1, 0.15) is 21.8 Å². The van der Waals surface area contributed by atoms with Crippen molar-refractivity contribution in [1.29, 1.82) is 0 Å². The van der Waals surface area contributed by atoms with Crippen LogP contribution < -0.4 is 10.2 Å². The molecule has 0 aliphatic carbocycles. The second-order valence-corrected chi connectivity index (χ2v) is 34.7. The van der Waals surface area contributed by atoms with Gasteiger partial charge in [-0.15, -0.1) is 0 Å². The average Bonchev–Trinajstić information content (AvgIpc) is 1.33. The number of fused-ring (bicyclic) bond motifs is 11. The third kappa shape index (κ3) is 13.1. The summed E-state index contributed by atoms with van der Waals surface area (Å²) < 4.78 is 11.2. The number of ether oxygens (including phenoxy) is 1. The van der Waals surface area contributed by atoms with Crippen molar-refractivity contribution >= 4 is 106 Å². The van der Waals surface area contributed by atoms with Gasteiger partial charge in [0.15, 0.2) is 74.4 Å². The standard InChI is InChI=1S/C19H13OS.C19H15S.C18H13OS.C18H13S2.C18H13S/c20-19-15-10-4-6-12-17(15)21(14-8-2-1-3-9-14)18-13-7-5-11-16(18)19;1-2-10-17(11-3-1)20-18-12-6-4-8-15(18)14-16-9-5-7-13-19(16)20;2*1-2-8-14(9-3-1)20-17-12-6-4-10-15(17)19-16-11-5-7-13-18(16)20;1-2-8-14(9-3-1)19-17-12-6-4-10-15(17)16-11-5-7-13-18(16)19/h1-13H;1-13H,14H2;2*1-13H;1-13H/q5*+1. The van der Waals surface area contributed by atoms with Crippen LogP contribution in [0.15, 0.2) is 453 Å². The van der Waals surface area contributed by atoms with Gasteiger partial charge >= 0.3 is 0 Å². The summed E-state index contributed by atoms with van der Waals surface area (Å²) in [7, 11) is -0.160. The molecule has 0 N–H and O–H groups in total. The topological polar surface area (TPSA) is 26.3 Å². The smallest absolute Gasteiger partial charge is 0.209 e. The quantitative estimate of drug-likeness (QED) is 0.127. The van der Waals surface area contributed by atoms with E-state index in [4.69, 9.17) is 4.74 Å². The van der Waals surface area contributed by atoms with Gasteiger partial charge in [0.25, 0.3) is 0 Å². The average molecular weight is 1400 g/mol. The number of benzene rings is 15. The first-order chi connectivity index (χ1) is 49.6. The molecule has 20 rings (SSSR count). The van der Waals surface area contributed by atoms with Crippen LogP contribution in [0.1, 0.15) is 11.1 Å². The fraction of sp³-hybridized carbons (Fsp3) is 0.0109. The molecular weight excluding hydrogens is 1330 g/mol. The van der Waals surface area contributed by atoms with Crippen LogP contribution >= 0.6 is 32.7 Å². The summed E-state index contributed by atoms with van der Waals surface area (Å²) >= 11 is 1.89. The molecule has 100 heavy (non-hydrogen) atoms. The highest BCUT2D eigenvalue weighted by Crippen LogP contribution is 2.51. The molecule has 2 nitrogen and oxygen atoms in total. The van der Waals surface area contributed by atoms with Crippen molar-refractivity contribution in [3.63, 3.8) is 0 Å². The van der Waals surface area contributed by atoms with E-state index in [1.54, 1.807) is 0 Å². The predicted molar refractivity (Wildman–Crippen MR) is 428 cm³/mol. The Labute approximate surface area is 602 Å². The molecule has 0 saturated carbocycles. The molecule has 0 amide bonds. The van der Waals surface area contributed by atoms with Gasteiger partial charge in [0.2, 0.25) is 15.2 Å². The highest BCUT2D eigenvalue weighted by molar-refractivity contribution is 8.04. The first-order valence-electron chi connectivity index (χ1n) is 33.4. The van der Waals surface area contributed by atoms with Crippen molar-refractivity contribution in [2.45, 2.75) is 60.3 Å². The summed E-state index contributed by atoms with van der Waals surface area (Å²) in [5.74, 6) is 1.94. The zero-order valence-corrected chi connectivity index (χ0v) is 59.4. The lowest BCUT2D eigenvalue weighted by Crippen LogP contribution is -2.15. The molecule has 0 atom stereocenters. The first-order valence-corrected chi connectivity index (χ1v) is 40.3. The van der Waals surface area contributed by atoms with Gasteiger partial charge in [-0.25, -0.2) is 0 Å². The maximum atomic E-state index is 12.7. The molecule has 0 unspecified atom stereocenters. The Morgan fingerprint density at radius 2 is 0.490 bits per heavy atom. The monoisotopic (exact) mass is 1400 g/mol. The molecule has 15 aromatic carbocycles. The minimum absolute atomic E-state index is 0.0212. The first kappa shape index (κ1) is 64.3. The van der Waals surface area contributed by atoms with E-state index in [1.165, 1.54) is 94.9 Å². The Balaban J connectivity index is 0.0000000973. The second-order valence-electron chi connectivity index (χ2n) is 23.8. The Morgan fingerprint density at radius 3 is 0.880 bits per heavy atom. The Bertz CT molecular complexity index is 5200. The normalized spacial score (nSPS) is 12.5. The highest BCUT2D eigenvalue weighted by atomic mass is 32.2. The molecular formula is C92H67O2S6+5. The molecule has 0 radical (unpaired) electrons. The van der Waals surface area contributed by atoms with Crippen LogP contribution in [-0.4, -0.2) is 0 Å². The van der Waals surface area contributed by atoms with Gasteiger partial charge in [0.05, 0.1) is 31.5 Å². The van der Waals surface area contributed by atoms with Crippen molar-refractivity contribution in [1.82, 2.24) is 0 Å². The minimum atomic E-state index is -0.199. The zero-order chi connectivity index (χ0) is 67.0. The second kappa shape index (κ2) is 30.0.